The quantitative estimate of drug-likeness (QED) is 0.760. The van der Waals surface area contributed by atoms with E-state index < -0.39 is 0 Å². The molecule has 0 aliphatic heterocycles. The smallest absolute Gasteiger partial charge is 0.00978 e. The zero-order chi connectivity index (χ0) is 11.5. The highest BCUT2D eigenvalue weighted by molar-refractivity contribution is 4.91. The Hall–Kier alpha value is -0.0400. The topological polar surface area (TPSA) is 12.0 Å². The highest BCUT2D eigenvalue weighted by atomic mass is 15.0. The molecule has 0 spiro atoms. The third kappa shape index (κ3) is 2.80. The summed E-state index contributed by atoms with van der Waals surface area (Å²) in [5.41, 5.74) is 0. The molecule has 2 rings (SSSR count). The van der Waals surface area contributed by atoms with Crippen LogP contribution in [0.2, 0.25) is 0 Å². The Morgan fingerprint density at radius 1 is 1.12 bits per heavy atom. The van der Waals surface area contributed by atoms with Crippen molar-refractivity contribution in [1.82, 2.24) is 5.32 Å². The first kappa shape index (κ1) is 12.4. The molecule has 2 aliphatic carbocycles. The van der Waals surface area contributed by atoms with Crippen molar-refractivity contribution < 1.29 is 0 Å². The predicted molar refractivity (Wildman–Crippen MR) is 70.5 cm³/mol. The third-order valence-electron chi connectivity index (χ3n) is 5.00. The Balaban J connectivity index is 1.73. The van der Waals surface area contributed by atoms with E-state index in [1.54, 1.807) is 0 Å². The van der Waals surface area contributed by atoms with Crippen LogP contribution >= 0.6 is 0 Å². The molecule has 1 heteroatoms. The summed E-state index contributed by atoms with van der Waals surface area (Å²) in [7, 11) is 0. The zero-order valence-corrected chi connectivity index (χ0v) is 11.3. The molecule has 0 aromatic rings. The van der Waals surface area contributed by atoms with Gasteiger partial charge < -0.3 is 5.32 Å². The fourth-order valence-corrected chi connectivity index (χ4v) is 3.56. The second-order valence-corrected chi connectivity index (χ2v) is 6.40. The Morgan fingerprint density at radius 3 is 2.44 bits per heavy atom. The van der Waals surface area contributed by atoms with Gasteiger partial charge in [0.05, 0.1) is 0 Å². The molecule has 1 nitrogen and oxygen atoms in total. The molecule has 0 aromatic heterocycles. The lowest BCUT2D eigenvalue weighted by Crippen LogP contribution is -2.50. The maximum absolute atomic E-state index is 3.94. The van der Waals surface area contributed by atoms with E-state index in [0.29, 0.717) is 0 Å². The predicted octanol–water partition coefficient (Wildman–Crippen LogP) is 3.98. The van der Waals surface area contributed by atoms with Crippen molar-refractivity contribution in [2.45, 2.75) is 77.8 Å². The molecule has 94 valence electrons. The van der Waals surface area contributed by atoms with Crippen LogP contribution < -0.4 is 5.32 Å². The van der Waals surface area contributed by atoms with Crippen molar-refractivity contribution in [2.24, 2.45) is 17.8 Å². The normalized spacial score (nSPS) is 39.8. The lowest BCUT2D eigenvalue weighted by atomic mass is 9.72. The van der Waals surface area contributed by atoms with Crippen LogP contribution in [0.3, 0.4) is 0 Å². The minimum absolute atomic E-state index is 0.844. The zero-order valence-electron chi connectivity index (χ0n) is 11.3. The molecule has 2 fully saturated rings. The van der Waals surface area contributed by atoms with Crippen LogP contribution in [0.1, 0.15) is 65.7 Å². The molecule has 2 saturated carbocycles. The van der Waals surface area contributed by atoms with Crippen molar-refractivity contribution in [1.29, 1.82) is 0 Å². The van der Waals surface area contributed by atoms with E-state index in [1.807, 2.05) is 0 Å². The maximum atomic E-state index is 3.94. The van der Waals surface area contributed by atoms with Gasteiger partial charge >= 0.3 is 0 Å². The summed E-state index contributed by atoms with van der Waals surface area (Å²) in [6.07, 6.45) is 10.1. The van der Waals surface area contributed by atoms with E-state index in [1.165, 1.54) is 44.9 Å². The first-order valence-electron chi connectivity index (χ1n) is 7.46. The molecule has 0 amide bonds. The largest absolute Gasteiger partial charge is 0.311 e. The van der Waals surface area contributed by atoms with Gasteiger partial charge in [0.2, 0.25) is 0 Å². The Bertz CT molecular complexity index is 205. The van der Waals surface area contributed by atoms with Crippen LogP contribution in [0.25, 0.3) is 0 Å². The average Bonchev–Trinajstić information content (AvgIpc) is 2.22. The minimum Gasteiger partial charge on any atom is -0.311 e. The van der Waals surface area contributed by atoms with Gasteiger partial charge in [0.25, 0.3) is 0 Å². The van der Waals surface area contributed by atoms with Gasteiger partial charge in [0, 0.05) is 12.1 Å². The number of nitrogens with one attached hydrogen (secondary N) is 1. The highest BCUT2D eigenvalue weighted by Gasteiger charge is 2.34. The van der Waals surface area contributed by atoms with Crippen molar-refractivity contribution in [3.8, 4) is 0 Å². The summed E-state index contributed by atoms with van der Waals surface area (Å²) in [6.45, 7) is 7.11. The summed E-state index contributed by atoms with van der Waals surface area (Å²) < 4.78 is 0. The molecule has 1 N–H and O–H groups in total. The van der Waals surface area contributed by atoms with Crippen LogP contribution in [0, 0.1) is 17.8 Å². The second kappa shape index (κ2) is 5.53. The fraction of sp³-hybridized carbons (Fsp3) is 1.00. The monoisotopic (exact) mass is 223 g/mol. The van der Waals surface area contributed by atoms with Crippen LogP contribution in [0.4, 0.5) is 0 Å². The lowest BCUT2D eigenvalue weighted by Gasteiger charge is -2.43. The third-order valence-corrected chi connectivity index (χ3v) is 5.00. The molecule has 0 heterocycles. The molecule has 2 aliphatic rings. The number of hydrogen-bond donors (Lipinski definition) is 1. The molecule has 0 saturated heterocycles. The Morgan fingerprint density at radius 2 is 1.81 bits per heavy atom. The molecule has 0 bridgehead atoms. The molecule has 2 atom stereocenters. The summed E-state index contributed by atoms with van der Waals surface area (Å²) in [6, 6.07) is 1.70. The van der Waals surface area contributed by atoms with E-state index in [0.717, 1.165) is 29.8 Å². The van der Waals surface area contributed by atoms with Gasteiger partial charge in [0.1, 0.15) is 0 Å². The van der Waals surface area contributed by atoms with Crippen molar-refractivity contribution in [2.75, 3.05) is 0 Å². The van der Waals surface area contributed by atoms with Gasteiger partial charge in [-0.1, -0.05) is 40.0 Å². The van der Waals surface area contributed by atoms with Crippen LogP contribution in [0.15, 0.2) is 0 Å². The van der Waals surface area contributed by atoms with Crippen molar-refractivity contribution in [3.05, 3.63) is 0 Å². The van der Waals surface area contributed by atoms with E-state index >= 15 is 0 Å². The van der Waals surface area contributed by atoms with E-state index in [-0.39, 0.29) is 0 Å². The summed E-state index contributed by atoms with van der Waals surface area (Å²) in [4.78, 5) is 0. The first-order chi connectivity index (χ1) is 7.70. The van der Waals surface area contributed by atoms with Gasteiger partial charge in [-0.2, -0.15) is 0 Å². The Kier molecular flexibility index (Phi) is 4.29. The second-order valence-electron chi connectivity index (χ2n) is 6.40. The van der Waals surface area contributed by atoms with E-state index in [9.17, 15) is 0 Å². The lowest BCUT2D eigenvalue weighted by molar-refractivity contribution is 0.130. The molecule has 2 unspecified atom stereocenters. The molecule has 0 aromatic carbocycles. The molecular weight excluding hydrogens is 194 g/mol. The van der Waals surface area contributed by atoms with E-state index in [2.05, 4.69) is 26.1 Å². The summed E-state index contributed by atoms with van der Waals surface area (Å²) in [5, 5.41) is 3.94. The van der Waals surface area contributed by atoms with Crippen molar-refractivity contribution in [3.63, 3.8) is 0 Å². The highest BCUT2D eigenvalue weighted by Crippen LogP contribution is 2.36. The SMILES string of the molecule is CCC1CCCCC1NC1CC(C(C)C)C1. The first-order valence-corrected chi connectivity index (χ1v) is 7.46. The van der Waals surface area contributed by atoms with Crippen molar-refractivity contribution >= 4 is 0 Å². The van der Waals surface area contributed by atoms with Gasteiger partial charge in [-0.05, 0) is 43.4 Å². The minimum atomic E-state index is 0.844. The Labute approximate surface area is 101 Å². The molecule has 0 radical (unpaired) electrons. The number of hydrogen-bond acceptors (Lipinski definition) is 1. The summed E-state index contributed by atoms with van der Waals surface area (Å²) in [5.74, 6) is 2.86. The van der Waals surface area contributed by atoms with Gasteiger partial charge in [-0.25, -0.2) is 0 Å². The maximum Gasteiger partial charge on any atom is 0.00978 e. The summed E-state index contributed by atoms with van der Waals surface area (Å²) >= 11 is 0. The van der Waals surface area contributed by atoms with Gasteiger partial charge in [0.15, 0.2) is 0 Å². The average molecular weight is 223 g/mol. The van der Waals surface area contributed by atoms with Gasteiger partial charge in [-0.15, -0.1) is 0 Å². The number of rotatable bonds is 4. The fourth-order valence-electron chi connectivity index (χ4n) is 3.56. The van der Waals surface area contributed by atoms with Crippen LogP contribution in [0.5, 0.6) is 0 Å². The van der Waals surface area contributed by atoms with E-state index in [4.69, 9.17) is 0 Å². The molecule has 16 heavy (non-hydrogen) atoms. The standard InChI is InChI=1S/C15H29N/c1-4-12-7-5-6-8-15(12)16-14-9-13(10-14)11(2)3/h11-16H,4-10H2,1-3H3. The van der Waals surface area contributed by atoms with Gasteiger partial charge in [-0.3, -0.25) is 0 Å². The van der Waals surface area contributed by atoms with Crippen LogP contribution in [-0.2, 0) is 0 Å². The molecular formula is C15H29N. The van der Waals surface area contributed by atoms with Crippen LogP contribution in [-0.4, -0.2) is 12.1 Å².